The molecule has 1 atom stereocenters. The maximum Gasteiger partial charge on any atom is 0.260 e. The maximum atomic E-state index is 13.3. The SMILES string of the molecule is Cc1ccc(-c2oncc2C(=O)N2Cc3ccccc3CC2C(N)=O)cc1. The molecule has 27 heavy (non-hydrogen) atoms. The van der Waals surface area contributed by atoms with Crippen molar-refractivity contribution in [2.75, 3.05) is 0 Å². The Balaban J connectivity index is 1.71. The number of aryl methyl sites for hydroxylation is 1. The molecule has 1 unspecified atom stereocenters. The smallest absolute Gasteiger partial charge is 0.260 e. The van der Waals surface area contributed by atoms with E-state index < -0.39 is 11.9 Å². The van der Waals surface area contributed by atoms with Gasteiger partial charge in [0.1, 0.15) is 11.6 Å². The number of amides is 2. The zero-order valence-electron chi connectivity index (χ0n) is 14.9. The minimum atomic E-state index is -0.701. The summed E-state index contributed by atoms with van der Waals surface area (Å²) in [5.74, 6) is -0.446. The van der Waals surface area contributed by atoms with Gasteiger partial charge in [0.25, 0.3) is 5.91 Å². The van der Waals surface area contributed by atoms with E-state index in [1.807, 2.05) is 55.5 Å². The van der Waals surface area contributed by atoms with Crippen molar-refractivity contribution in [3.05, 3.63) is 77.0 Å². The zero-order valence-corrected chi connectivity index (χ0v) is 14.9. The molecule has 1 aliphatic heterocycles. The van der Waals surface area contributed by atoms with Crippen LogP contribution < -0.4 is 5.73 Å². The van der Waals surface area contributed by atoms with Crippen molar-refractivity contribution in [1.82, 2.24) is 10.1 Å². The number of carbonyl (C=O) groups excluding carboxylic acids is 2. The number of nitrogens with two attached hydrogens (primary N) is 1. The molecule has 0 saturated carbocycles. The van der Waals surface area contributed by atoms with Crippen LogP contribution in [0.3, 0.4) is 0 Å². The number of hydrogen-bond acceptors (Lipinski definition) is 4. The molecule has 0 aliphatic carbocycles. The second kappa shape index (κ2) is 6.72. The van der Waals surface area contributed by atoms with Crippen molar-refractivity contribution in [1.29, 1.82) is 0 Å². The topological polar surface area (TPSA) is 89.4 Å². The van der Waals surface area contributed by atoms with Gasteiger partial charge in [0.05, 0.1) is 6.20 Å². The molecule has 2 heterocycles. The summed E-state index contributed by atoms with van der Waals surface area (Å²) in [6, 6.07) is 14.7. The Labute approximate surface area is 156 Å². The van der Waals surface area contributed by atoms with Gasteiger partial charge in [-0.25, -0.2) is 0 Å². The third-order valence-electron chi connectivity index (χ3n) is 4.95. The van der Waals surface area contributed by atoms with Crippen molar-refractivity contribution in [2.45, 2.75) is 25.9 Å². The predicted molar refractivity (Wildman–Crippen MR) is 99.7 cm³/mol. The summed E-state index contributed by atoms with van der Waals surface area (Å²) in [5, 5.41) is 3.81. The second-order valence-corrected chi connectivity index (χ2v) is 6.76. The van der Waals surface area contributed by atoms with Gasteiger partial charge >= 0.3 is 0 Å². The van der Waals surface area contributed by atoms with Crippen molar-refractivity contribution in [2.24, 2.45) is 5.73 Å². The van der Waals surface area contributed by atoms with Gasteiger partial charge in [-0.15, -0.1) is 0 Å². The molecule has 0 fully saturated rings. The first-order valence-corrected chi connectivity index (χ1v) is 8.73. The lowest BCUT2D eigenvalue weighted by molar-refractivity contribution is -0.122. The summed E-state index contributed by atoms with van der Waals surface area (Å²) in [6.45, 7) is 2.31. The third-order valence-corrected chi connectivity index (χ3v) is 4.95. The number of hydrogen-bond donors (Lipinski definition) is 1. The van der Waals surface area contributed by atoms with Gasteiger partial charge in [0, 0.05) is 18.5 Å². The molecule has 136 valence electrons. The molecule has 2 amide bonds. The molecule has 1 aromatic heterocycles. The highest BCUT2D eigenvalue weighted by Gasteiger charge is 2.35. The van der Waals surface area contributed by atoms with Crippen LogP contribution in [0.4, 0.5) is 0 Å². The lowest BCUT2D eigenvalue weighted by Crippen LogP contribution is -2.51. The summed E-state index contributed by atoms with van der Waals surface area (Å²) >= 11 is 0. The Bertz CT molecular complexity index is 1010. The first-order valence-electron chi connectivity index (χ1n) is 8.73. The minimum Gasteiger partial charge on any atom is -0.368 e. The normalized spacial score (nSPS) is 16.0. The average Bonchev–Trinajstić information content (AvgIpc) is 3.16. The Morgan fingerprint density at radius 3 is 2.52 bits per heavy atom. The Hall–Kier alpha value is -3.41. The summed E-state index contributed by atoms with van der Waals surface area (Å²) < 4.78 is 5.35. The van der Waals surface area contributed by atoms with E-state index in [1.54, 1.807) is 0 Å². The van der Waals surface area contributed by atoms with Gasteiger partial charge in [-0.3, -0.25) is 9.59 Å². The van der Waals surface area contributed by atoms with E-state index in [1.165, 1.54) is 11.1 Å². The molecule has 6 nitrogen and oxygen atoms in total. The number of fused-ring (bicyclic) bond motifs is 1. The van der Waals surface area contributed by atoms with Crippen molar-refractivity contribution in [3.8, 4) is 11.3 Å². The van der Waals surface area contributed by atoms with Gasteiger partial charge in [-0.2, -0.15) is 0 Å². The average molecular weight is 361 g/mol. The number of nitrogens with zero attached hydrogens (tertiary/aromatic N) is 2. The molecule has 3 aromatic rings. The molecular formula is C21H19N3O3. The molecule has 2 aromatic carbocycles. The fourth-order valence-electron chi connectivity index (χ4n) is 3.45. The van der Waals surface area contributed by atoms with Gasteiger partial charge in [-0.1, -0.05) is 59.3 Å². The Morgan fingerprint density at radius 1 is 1.11 bits per heavy atom. The lowest BCUT2D eigenvalue weighted by Gasteiger charge is -2.35. The summed E-state index contributed by atoms with van der Waals surface area (Å²) in [7, 11) is 0. The Kier molecular flexibility index (Phi) is 4.24. The first kappa shape index (κ1) is 17.0. The molecule has 2 N–H and O–H groups in total. The maximum absolute atomic E-state index is 13.3. The molecule has 0 radical (unpaired) electrons. The molecule has 1 aliphatic rings. The molecular weight excluding hydrogens is 342 g/mol. The highest BCUT2D eigenvalue weighted by Crippen LogP contribution is 2.29. The van der Waals surface area contributed by atoms with E-state index in [2.05, 4.69) is 5.16 Å². The fraction of sp³-hybridized carbons (Fsp3) is 0.190. The van der Waals surface area contributed by atoms with Crippen LogP contribution >= 0.6 is 0 Å². The number of rotatable bonds is 3. The number of aromatic nitrogens is 1. The van der Waals surface area contributed by atoms with E-state index in [-0.39, 0.29) is 5.91 Å². The van der Waals surface area contributed by atoms with E-state index >= 15 is 0 Å². The summed E-state index contributed by atoms with van der Waals surface area (Å²) in [6.07, 6.45) is 1.80. The van der Waals surface area contributed by atoms with Crippen molar-refractivity contribution in [3.63, 3.8) is 0 Å². The zero-order chi connectivity index (χ0) is 19.0. The van der Waals surface area contributed by atoms with Gasteiger partial charge in [0.15, 0.2) is 5.76 Å². The van der Waals surface area contributed by atoms with Crippen LogP contribution in [0.15, 0.2) is 59.3 Å². The number of benzene rings is 2. The van der Waals surface area contributed by atoms with E-state index in [9.17, 15) is 9.59 Å². The van der Waals surface area contributed by atoms with Crippen LogP contribution in [0, 0.1) is 6.92 Å². The minimum absolute atomic E-state index is 0.315. The van der Waals surface area contributed by atoms with Crippen LogP contribution in [0.2, 0.25) is 0 Å². The Morgan fingerprint density at radius 2 is 1.81 bits per heavy atom. The standard InChI is InChI=1S/C21H19N3O3/c1-13-6-8-14(9-7-13)19-17(11-23-27-19)21(26)24-12-16-5-3-2-4-15(16)10-18(24)20(22)25/h2-9,11,18H,10,12H2,1H3,(H2,22,25). The fourth-order valence-corrected chi connectivity index (χ4v) is 3.45. The van der Waals surface area contributed by atoms with Crippen LogP contribution in [0.5, 0.6) is 0 Å². The first-order chi connectivity index (χ1) is 13.0. The largest absolute Gasteiger partial charge is 0.368 e. The molecule has 0 spiro atoms. The van der Waals surface area contributed by atoms with Gasteiger partial charge in [-0.05, 0) is 18.1 Å². The number of carbonyl (C=O) groups is 2. The van der Waals surface area contributed by atoms with E-state index in [4.69, 9.17) is 10.3 Å². The highest BCUT2D eigenvalue weighted by atomic mass is 16.5. The van der Waals surface area contributed by atoms with Gasteiger partial charge < -0.3 is 15.2 Å². The molecule has 0 saturated heterocycles. The molecule has 6 heteroatoms. The van der Waals surface area contributed by atoms with Crippen molar-refractivity contribution >= 4 is 11.8 Å². The number of primary amides is 1. The summed E-state index contributed by atoms with van der Waals surface area (Å²) in [4.78, 5) is 26.8. The second-order valence-electron chi connectivity index (χ2n) is 6.76. The van der Waals surface area contributed by atoms with Crippen LogP contribution in [0.1, 0.15) is 27.0 Å². The van der Waals surface area contributed by atoms with Crippen LogP contribution in [-0.2, 0) is 17.8 Å². The van der Waals surface area contributed by atoms with Crippen molar-refractivity contribution < 1.29 is 14.1 Å². The van der Waals surface area contributed by atoms with E-state index in [0.717, 1.165) is 22.3 Å². The lowest BCUT2D eigenvalue weighted by atomic mass is 9.93. The molecule has 4 rings (SSSR count). The highest BCUT2D eigenvalue weighted by molar-refractivity contribution is 6.01. The van der Waals surface area contributed by atoms with Crippen LogP contribution in [-0.4, -0.2) is 27.9 Å². The molecule has 0 bridgehead atoms. The van der Waals surface area contributed by atoms with Crippen LogP contribution in [0.25, 0.3) is 11.3 Å². The predicted octanol–water partition coefficient (Wildman–Crippen LogP) is 2.70. The third kappa shape index (κ3) is 3.10. The monoisotopic (exact) mass is 361 g/mol. The quantitative estimate of drug-likeness (QED) is 0.777. The van der Waals surface area contributed by atoms with Gasteiger partial charge in [0.2, 0.25) is 5.91 Å². The summed E-state index contributed by atoms with van der Waals surface area (Å²) in [5.41, 5.74) is 9.83. The van der Waals surface area contributed by atoms with E-state index in [0.29, 0.717) is 24.3 Å².